The highest BCUT2D eigenvalue weighted by Crippen LogP contribution is 2.17. The van der Waals surface area contributed by atoms with E-state index in [-0.39, 0.29) is 5.91 Å². The molecule has 37 heavy (non-hydrogen) atoms. The van der Waals surface area contributed by atoms with Crippen LogP contribution in [0, 0.1) is 6.92 Å². The summed E-state index contributed by atoms with van der Waals surface area (Å²) in [5.74, 6) is 1.77. The van der Waals surface area contributed by atoms with Crippen molar-refractivity contribution in [2.24, 2.45) is 0 Å². The van der Waals surface area contributed by atoms with Crippen LogP contribution in [0.25, 0.3) is 5.69 Å². The number of aromatic nitrogens is 2. The van der Waals surface area contributed by atoms with Crippen LogP contribution < -0.4 is 10.1 Å². The first kappa shape index (κ1) is 28.5. The van der Waals surface area contributed by atoms with Gasteiger partial charge in [-0.1, -0.05) is 89.7 Å². The van der Waals surface area contributed by atoms with Crippen molar-refractivity contribution in [1.82, 2.24) is 9.55 Å². The molecule has 1 amide bonds. The Morgan fingerprint density at radius 1 is 0.811 bits per heavy atom. The highest BCUT2D eigenvalue weighted by molar-refractivity contribution is 5.92. The van der Waals surface area contributed by atoms with Crippen LogP contribution in [0.1, 0.15) is 95.4 Å². The SMILES string of the molecule is CCCCCCCCCCCCCCOc1ccc(CC(=O)Nc2ccc(-n3ccnc3C)cc2)cc1. The summed E-state index contributed by atoms with van der Waals surface area (Å²) in [7, 11) is 0. The third-order valence-electron chi connectivity index (χ3n) is 6.81. The second kappa shape index (κ2) is 16.6. The van der Waals surface area contributed by atoms with Gasteiger partial charge in [-0.15, -0.1) is 0 Å². The van der Waals surface area contributed by atoms with Gasteiger partial charge < -0.3 is 14.6 Å². The number of imidazole rings is 1. The van der Waals surface area contributed by atoms with Gasteiger partial charge in [-0.2, -0.15) is 0 Å². The first-order chi connectivity index (χ1) is 18.2. The van der Waals surface area contributed by atoms with Gasteiger partial charge in [-0.3, -0.25) is 4.79 Å². The van der Waals surface area contributed by atoms with Crippen LogP contribution in [0.15, 0.2) is 60.9 Å². The number of amides is 1. The average molecular weight is 504 g/mol. The van der Waals surface area contributed by atoms with Crippen LogP contribution in [0.5, 0.6) is 5.75 Å². The van der Waals surface area contributed by atoms with Crippen LogP contribution in [-0.2, 0) is 11.2 Å². The molecule has 0 aliphatic rings. The second-order valence-electron chi connectivity index (χ2n) is 10.00. The number of unbranched alkanes of at least 4 members (excludes halogenated alkanes) is 11. The highest BCUT2D eigenvalue weighted by Gasteiger charge is 2.06. The minimum Gasteiger partial charge on any atom is -0.494 e. The third-order valence-corrected chi connectivity index (χ3v) is 6.81. The van der Waals surface area contributed by atoms with Crippen LogP contribution in [0.2, 0.25) is 0 Å². The third kappa shape index (κ3) is 10.8. The molecule has 200 valence electrons. The molecule has 0 radical (unpaired) electrons. The zero-order chi connectivity index (χ0) is 26.1. The fraction of sp³-hybridized carbons (Fsp3) is 0.500. The Bertz CT molecular complexity index is 1020. The van der Waals surface area contributed by atoms with E-state index in [1.807, 2.05) is 66.2 Å². The van der Waals surface area contributed by atoms with Gasteiger partial charge in [0.05, 0.1) is 13.0 Å². The van der Waals surface area contributed by atoms with Gasteiger partial charge in [0.2, 0.25) is 5.91 Å². The van der Waals surface area contributed by atoms with E-state index in [0.717, 1.165) is 41.5 Å². The van der Waals surface area contributed by atoms with E-state index in [4.69, 9.17) is 4.74 Å². The summed E-state index contributed by atoms with van der Waals surface area (Å²) < 4.78 is 7.90. The summed E-state index contributed by atoms with van der Waals surface area (Å²) in [6.07, 6.45) is 20.2. The van der Waals surface area contributed by atoms with Crippen LogP contribution in [0.4, 0.5) is 5.69 Å². The zero-order valence-corrected chi connectivity index (χ0v) is 22.9. The van der Waals surface area contributed by atoms with Crippen molar-refractivity contribution in [3.05, 3.63) is 72.3 Å². The number of rotatable bonds is 18. The van der Waals surface area contributed by atoms with Crippen LogP contribution in [0.3, 0.4) is 0 Å². The monoisotopic (exact) mass is 503 g/mol. The summed E-state index contributed by atoms with van der Waals surface area (Å²) in [6.45, 7) is 4.99. The molecule has 0 aliphatic carbocycles. The predicted octanol–water partition coefficient (Wildman–Crippen LogP) is 8.44. The zero-order valence-electron chi connectivity index (χ0n) is 22.9. The standard InChI is InChI=1S/C32H45N3O2/c1-3-4-5-6-7-8-9-10-11-12-13-14-25-37-31-21-15-28(16-22-31)26-32(36)34-29-17-19-30(20-18-29)35-24-23-33-27(35)2/h15-24H,3-14,25-26H2,1-2H3,(H,34,36). The van der Waals surface area contributed by atoms with Gasteiger partial charge in [0.15, 0.2) is 0 Å². The summed E-state index contributed by atoms with van der Waals surface area (Å²) in [4.78, 5) is 16.7. The number of aryl methyl sites for hydroxylation is 1. The Kier molecular flexibility index (Phi) is 12.8. The van der Waals surface area contributed by atoms with Crippen molar-refractivity contribution >= 4 is 11.6 Å². The van der Waals surface area contributed by atoms with E-state index in [2.05, 4.69) is 17.2 Å². The van der Waals surface area contributed by atoms with Crippen LogP contribution in [-0.4, -0.2) is 22.1 Å². The minimum atomic E-state index is -0.0308. The molecule has 0 aliphatic heterocycles. The molecule has 5 nitrogen and oxygen atoms in total. The van der Waals surface area contributed by atoms with E-state index in [0.29, 0.717) is 6.42 Å². The van der Waals surface area contributed by atoms with Crippen molar-refractivity contribution in [3.8, 4) is 11.4 Å². The molecule has 3 rings (SSSR count). The first-order valence-electron chi connectivity index (χ1n) is 14.3. The Balaban J connectivity index is 1.24. The lowest BCUT2D eigenvalue weighted by molar-refractivity contribution is -0.115. The average Bonchev–Trinajstić information content (AvgIpc) is 3.34. The fourth-order valence-corrected chi connectivity index (χ4v) is 4.58. The number of nitrogens with zero attached hydrogens (tertiary/aromatic N) is 2. The molecule has 0 saturated carbocycles. The summed E-state index contributed by atoms with van der Waals surface area (Å²) in [6, 6.07) is 15.7. The number of ether oxygens (including phenoxy) is 1. The van der Waals surface area contributed by atoms with Gasteiger partial charge in [0.25, 0.3) is 0 Å². The molecule has 1 heterocycles. The van der Waals surface area contributed by atoms with Gasteiger partial charge in [-0.05, 0) is 55.3 Å². The molecule has 0 atom stereocenters. The maximum absolute atomic E-state index is 12.5. The molecule has 3 aromatic rings. The molecule has 1 N–H and O–H groups in total. The van der Waals surface area contributed by atoms with Crippen molar-refractivity contribution < 1.29 is 9.53 Å². The first-order valence-corrected chi connectivity index (χ1v) is 14.3. The number of anilines is 1. The van der Waals surface area contributed by atoms with E-state index in [9.17, 15) is 4.79 Å². The van der Waals surface area contributed by atoms with Crippen molar-refractivity contribution in [2.45, 2.75) is 97.3 Å². The molecular formula is C32H45N3O2. The Labute approximate surface area is 223 Å². The van der Waals surface area contributed by atoms with E-state index in [1.165, 1.54) is 70.6 Å². The summed E-state index contributed by atoms with van der Waals surface area (Å²) in [5.41, 5.74) is 2.78. The molecule has 0 fully saturated rings. The number of benzene rings is 2. The predicted molar refractivity (Wildman–Crippen MR) is 154 cm³/mol. The molecule has 1 aromatic heterocycles. The fourth-order valence-electron chi connectivity index (χ4n) is 4.58. The maximum Gasteiger partial charge on any atom is 0.228 e. The van der Waals surface area contributed by atoms with E-state index < -0.39 is 0 Å². The minimum absolute atomic E-state index is 0.0308. The normalized spacial score (nSPS) is 11.0. The maximum atomic E-state index is 12.5. The molecule has 0 unspecified atom stereocenters. The lowest BCUT2D eigenvalue weighted by Crippen LogP contribution is -2.14. The smallest absolute Gasteiger partial charge is 0.228 e. The number of hydrogen-bond donors (Lipinski definition) is 1. The number of nitrogens with one attached hydrogen (secondary N) is 1. The lowest BCUT2D eigenvalue weighted by atomic mass is 10.1. The summed E-state index contributed by atoms with van der Waals surface area (Å²) in [5, 5.41) is 2.98. The Hall–Kier alpha value is -3.08. The molecule has 5 heteroatoms. The molecule has 0 spiro atoms. The van der Waals surface area contributed by atoms with Crippen molar-refractivity contribution in [2.75, 3.05) is 11.9 Å². The number of carbonyl (C=O) groups is 1. The highest BCUT2D eigenvalue weighted by atomic mass is 16.5. The van der Waals surface area contributed by atoms with E-state index >= 15 is 0 Å². The van der Waals surface area contributed by atoms with Crippen molar-refractivity contribution in [1.29, 1.82) is 0 Å². The lowest BCUT2D eigenvalue weighted by Gasteiger charge is -2.09. The van der Waals surface area contributed by atoms with Crippen LogP contribution >= 0.6 is 0 Å². The van der Waals surface area contributed by atoms with Gasteiger partial charge in [0.1, 0.15) is 11.6 Å². The topological polar surface area (TPSA) is 56.1 Å². The van der Waals surface area contributed by atoms with Gasteiger partial charge in [0, 0.05) is 23.8 Å². The molecule has 0 saturated heterocycles. The molecule has 0 bridgehead atoms. The Morgan fingerprint density at radius 2 is 1.41 bits per heavy atom. The van der Waals surface area contributed by atoms with Crippen molar-refractivity contribution in [3.63, 3.8) is 0 Å². The summed E-state index contributed by atoms with van der Waals surface area (Å²) >= 11 is 0. The quantitative estimate of drug-likeness (QED) is 0.177. The number of hydrogen-bond acceptors (Lipinski definition) is 3. The van der Waals surface area contributed by atoms with E-state index in [1.54, 1.807) is 6.20 Å². The Morgan fingerprint density at radius 3 is 1.97 bits per heavy atom. The van der Waals surface area contributed by atoms with Gasteiger partial charge >= 0.3 is 0 Å². The number of carbonyl (C=O) groups excluding carboxylic acids is 1. The molecular weight excluding hydrogens is 458 g/mol. The largest absolute Gasteiger partial charge is 0.494 e. The van der Waals surface area contributed by atoms with Gasteiger partial charge in [-0.25, -0.2) is 4.98 Å². The molecule has 2 aromatic carbocycles. The second-order valence-corrected chi connectivity index (χ2v) is 10.00.